The van der Waals surface area contributed by atoms with Crippen LogP contribution in [0.2, 0.25) is 0 Å². The van der Waals surface area contributed by atoms with E-state index in [1.54, 1.807) is 0 Å². The molecule has 2 rings (SSSR count). The van der Waals surface area contributed by atoms with Gasteiger partial charge in [-0.05, 0) is 24.2 Å². The maximum Gasteiger partial charge on any atom is 0.139 e. The summed E-state index contributed by atoms with van der Waals surface area (Å²) in [7, 11) is 0. The van der Waals surface area contributed by atoms with Crippen LogP contribution in [0.25, 0.3) is 0 Å². The summed E-state index contributed by atoms with van der Waals surface area (Å²) in [6.07, 6.45) is 8.79. The Labute approximate surface area is 107 Å². The van der Waals surface area contributed by atoms with Crippen LogP contribution in [0, 0.1) is 16.7 Å². The Morgan fingerprint density at radius 3 is 1.82 bits per heavy atom. The molecule has 0 aliphatic heterocycles. The summed E-state index contributed by atoms with van der Waals surface area (Å²) >= 11 is 0. The van der Waals surface area contributed by atoms with E-state index in [1.165, 1.54) is 32.1 Å². The van der Waals surface area contributed by atoms with Gasteiger partial charge in [0.1, 0.15) is 5.78 Å². The Morgan fingerprint density at radius 1 is 1.12 bits per heavy atom. The molecule has 2 bridgehead atoms. The summed E-state index contributed by atoms with van der Waals surface area (Å²) in [5, 5.41) is 0. The number of ketones is 1. The quantitative estimate of drug-likeness (QED) is 0.633. The number of unbranched alkanes of at least 4 members (excludes halogenated alkanes) is 3. The van der Waals surface area contributed by atoms with Crippen LogP contribution in [0.3, 0.4) is 0 Å². The molecule has 0 heterocycles. The van der Waals surface area contributed by atoms with Crippen LogP contribution >= 0.6 is 0 Å². The van der Waals surface area contributed by atoms with Gasteiger partial charge in [-0.2, -0.15) is 0 Å². The number of fused-ring (bicyclic) bond motifs is 2. The highest BCUT2D eigenvalue weighted by Gasteiger charge is 2.61. The molecule has 1 heteroatoms. The van der Waals surface area contributed by atoms with E-state index in [4.69, 9.17) is 0 Å². The van der Waals surface area contributed by atoms with Crippen molar-refractivity contribution in [1.82, 2.24) is 0 Å². The van der Waals surface area contributed by atoms with E-state index in [9.17, 15) is 4.79 Å². The summed E-state index contributed by atoms with van der Waals surface area (Å²) < 4.78 is 0. The van der Waals surface area contributed by atoms with Crippen LogP contribution in [0.15, 0.2) is 0 Å². The molecule has 17 heavy (non-hydrogen) atoms. The van der Waals surface area contributed by atoms with Gasteiger partial charge in [0.2, 0.25) is 0 Å². The van der Waals surface area contributed by atoms with Crippen molar-refractivity contribution >= 4 is 5.78 Å². The standard InChI is InChI=1S/C10H16O.C6H14/c1-9(2)7-4-5-10(9,3)8(11)6-7;1-3-5-6-4-2/h7H,4-6H2,1-3H3;3-6H2,1-2H3. The van der Waals surface area contributed by atoms with Gasteiger partial charge in [-0.1, -0.05) is 60.3 Å². The second-order valence-corrected chi connectivity index (χ2v) is 6.62. The van der Waals surface area contributed by atoms with Crippen LogP contribution in [-0.4, -0.2) is 5.78 Å². The summed E-state index contributed by atoms with van der Waals surface area (Å²) in [4.78, 5) is 11.6. The number of hydrogen-bond acceptors (Lipinski definition) is 1. The van der Waals surface area contributed by atoms with Gasteiger partial charge in [0.25, 0.3) is 0 Å². The van der Waals surface area contributed by atoms with Gasteiger partial charge >= 0.3 is 0 Å². The predicted molar refractivity (Wildman–Crippen MR) is 74.1 cm³/mol. The zero-order valence-electron chi connectivity index (χ0n) is 12.4. The maximum atomic E-state index is 11.6. The summed E-state index contributed by atoms with van der Waals surface area (Å²) in [6.45, 7) is 11.1. The van der Waals surface area contributed by atoms with E-state index in [-0.39, 0.29) is 10.8 Å². The highest BCUT2D eigenvalue weighted by atomic mass is 16.1. The highest BCUT2D eigenvalue weighted by molar-refractivity contribution is 5.89. The van der Waals surface area contributed by atoms with Gasteiger partial charge in [0, 0.05) is 11.8 Å². The molecule has 2 fully saturated rings. The molecule has 0 spiro atoms. The lowest BCUT2D eigenvalue weighted by Gasteiger charge is -2.32. The van der Waals surface area contributed by atoms with Crippen LogP contribution in [-0.2, 0) is 4.79 Å². The number of hydrogen-bond donors (Lipinski definition) is 0. The van der Waals surface area contributed by atoms with Crippen LogP contribution < -0.4 is 0 Å². The highest BCUT2D eigenvalue weighted by Crippen LogP contribution is 2.63. The van der Waals surface area contributed by atoms with Crippen molar-refractivity contribution < 1.29 is 4.79 Å². The van der Waals surface area contributed by atoms with Crippen LogP contribution in [0.4, 0.5) is 0 Å². The Balaban J connectivity index is 0.000000209. The van der Waals surface area contributed by atoms with Gasteiger partial charge < -0.3 is 0 Å². The first kappa shape index (κ1) is 14.7. The van der Waals surface area contributed by atoms with E-state index in [1.807, 2.05) is 0 Å². The minimum atomic E-state index is 0.0255. The normalized spacial score (nSPS) is 33.5. The molecule has 0 N–H and O–H groups in total. The molecular weight excluding hydrogens is 208 g/mol. The first-order chi connectivity index (χ1) is 7.90. The van der Waals surface area contributed by atoms with E-state index in [2.05, 4.69) is 34.6 Å². The monoisotopic (exact) mass is 238 g/mol. The zero-order valence-corrected chi connectivity index (χ0v) is 12.4. The van der Waals surface area contributed by atoms with Gasteiger partial charge in [-0.3, -0.25) is 4.79 Å². The third kappa shape index (κ3) is 2.58. The summed E-state index contributed by atoms with van der Waals surface area (Å²) in [5.74, 6) is 1.19. The van der Waals surface area contributed by atoms with Crippen molar-refractivity contribution in [3.8, 4) is 0 Å². The summed E-state index contributed by atoms with van der Waals surface area (Å²) in [6, 6.07) is 0. The van der Waals surface area contributed by atoms with Gasteiger partial charge in [-0.25, -0.2) is 0 Å². The maximum absolute atomic E-state index is 11.6. The van der Waals surface area contributed by atoms with Gasteiger partial charge in [0.05, 0.1) is 0 Å². The second kappa shape index (κ2) is 5.54. The fraction of sp³-hybridized carbons (Fsp3) is 0.938. The molecule has 2 atom stereocenters. The van der Waals surface area contributed by atoms with Crippen molar-refractivity contribution in [3.05, 3.63) is 0 Å². The molecular formula is C16H30O. The number of rotatable bonds is 3. The van der Waals surface area contributed by atoms with Gasteiger partial charge in [0.15, 0.2) is 0 Å². The molecule has 0 aromatic carbocycles. The van der Waals surface area contributed by atoms with E-state index < -0.39 is 0 Å². The fourth-order valence-corrected chi connectivity index (χ4v) is 3.40. The molecule has 0 saturated heterocycles. The Morgan fingerprint density at radius 2 is 1.65 bits per heavy atom. The Kier molecular flexibility index (Phi) is 4.80. The van der Waals surface area contributed by atoms with Crippen molar-refractivity contribution in [2.75, 3.05) is 0 Å². The number of carbonyl (C=O) groups excluding carboxylic acids is 1. The lowest BCUT2D eigenvalue weighted by molar-refractivity contribution is -0.128. The van der Waals surface area contributed by atoms with Crippen molar-refractivity contribution in [3.63, 3.8) is 0 Å². The SMILES string of the molecule is CC12CCC(CC1=O)C2(C)C.CCCCCC. The molecule has 1 nitrogen and oxygen atoms in total. The molecule has 2 saturated carbocycles. The van der Waals surface area contributed by atoms with Gasteiger partial charge in [-0.15, -0.1) is 0 Å². The lowest BCUT2D eigenvalue weighted by Crippen LogP contribution is -2.32. The third-order valence-electron chi connectivity index (χ3n) is 5.44. The molecule has 2 unspecified atom stereocenters. The largest absolute Gasteiger partial charge is 0.299 e. The molecule has 0 aromatic rings. The number of Topliss-reactive ketones (excluding diaryl/α,β-unsaturated/α-hetero) is 1. The van der Waals surface area contributed by atoms with Crippen LogP contribution in [0.5, 0.6) is 0 Å². The van der Waals surface area contributed by atoms with Crippen molar-refractivity contribution in [1.29, 1.82) is 0 Å². The average Bonchev–Trinajstić information content (AvgIpc) is 2.60. The second-order valence-electron chi connectivity index (χ2n) is 6.62. The summed E-state index contributed by atoms with van der Waals surface area (Å²) in [5.41, 5.74) is 0.307. The smallest absolute Gasteiger partial charge is 0.139 e. The first-order valence-corrected chi connectivity index (χ1v) is 7.43. The predicted octanol–water partition coefficient (Wildman–Crippen LogP) is 4.99. The van der Waals surface area contributed by atoms with E-state index in [0.717, 1.165) is 12.8 Å². The minimum Gasteiger partial charge on any atom is -0.299 e. The molecule has 2 aliphatic carbocycles. The molecule has 0 aromatic heterocycles. The molecule has 100 valence electrons. The fourth-order valence-electron chi connectivity index (χ4n) is 3.40. The number of carbonyl (C=O) groups is 1. The zero-order chi connectivity index (χ0) is 13.1. The average molecular weight is 238 g/mol. The van der Waals surface area contributed by atoms with Crippen molar-refractivity contribution in [2.24, 2.45) is 16.7 Å². The topological polar surface area (TPSA) is 17.1 Å². The van der Waals surface area contributed by atoms with E-state index in [0.29, 0.717) is 11.7 Å². The van der Waals surface area contributed by atoms with E-state index >= 15 is 0 Å². The first-order valence-electron chi connectivity index (χ1n) is 7.43. The molecule has 2 aliphatic rings. The molecule has 0 radical (unpaired) electrons. The third-order valence-corrected chi connectivity index (χ3v) is 5.44. The lowest BCUT2D eigenvalue weighted by atomic mass is 9.70. The Bertz CT molecular complexity index is 263. The molecule has 0 amide bonds. The van der Waals surface area contributed by atoms with Crippen LogP contribution in [0.1, 0.15) is 79.6 Å². The minimum absolute atomic E-state index is 0.0255. The Hall–Kier alpha value is -0.330. The van der Waals surface area contributed by atoms with Crippen molar-refractivity contribution in [2.45, 2.75) is 79.6 Å².